The Balaban J connectivity index is 2.21. The SMILES string of the molecule is CCCC[C@H]1O[C@]23CCCC[C@@H]2C(C#N)(C#N)[C@@]1(C#N)C(=N)O3. The highest BCUT2D eigenvalue weighted by molar-refractivity contribution is 5.88. The van der Waals surface area contributed by atoms with Gasteiger partial charge in [-0.2, -0.15) is 15.8 Å². The van der Waals surface area contributed by atoms with E-state index in [0.29, 0.717) is 19.3 Å². The number of nitrogens with zero attached hydrogens (tertiary/aromatic N) is 3. The van der Waals surface area contributed by atoms with Gasteiger partial charge in [0.1, 0.15) is 0 Å². The van der Waals surface area contributed by atoms with E-state index in [9.17, 15) is 15.8 Å². The van der Waals surface area contributed by atoms with Crippen LogP contribution in [0.4, 0.5) is 0 Å². The number of rotatable bonds is 3. The third-order valence-electron chi connectivity index (χ3n) is 5.75. The largest absolute Gasteiger partial charge is 0.447 e. The van der Waals surface area contributed by atoms with E-state index in [-0.39, 0.29) is 5.90 Å². The van der Waals surface area contributed by atoms with E-state index in [1.54, 1.807) is 0 Å². The highest BCUT2D eigenvalue weighted by atomic mass is 16.7. The van der Waals surface area contributed by atoms with Crippen molar-refractivity contribution in [1.82, 2.24) is 0 Å². The van der Waals surface area contributed by atoms with Gasteiger partial charge in [0.2, 0.25) is 11.7 Å². The van der Waals surface area contributed by atoms with Crippen molar-refractivity contribution in [1.29, 1.82) is 21.2 Å². The predicted octanol–water partition coefficient (Wildman–Crippen LogP) is 3.01. The smallest absolute Gasteiger partial charge is 0.217 e. The summed E-state index contributed by atoms with van der Waals surface area (Å²) in [4.78, 5) is 0. The molecular formula is C17H20N4O2. The summed E-state index contributed by atoms with van der Waals surface area (Å²) in [5.74, 6) is -1.82. The molecule has 0 amide bonds. The van der Waals surface area contributed by atoms with E-state index in [4.69, 9.17) is 14.9 Å². The lowest BCUT2D eigenvalue weighted by atomic mass is 9.48. The molecule has 0 radical (unpaired) electrons. The lowest BCUT2D eigenvalue weighted by Crippen LogP contribution is -2.75. The summed E-state index contributed by atoms with van der Waals surface area (Å²) in [6.45, 7) is 2.03. The van der Waals surface area contributed by atoms with Crippen LogP contribution >= 0.6 is 0 Å². The van der Waals surface area contributed by atoms with Crippen LogP contribution in [0.1, 0.15) is 51.9 Å². The number of fused-ring (bicyclic) bond motifs is 2. The van der Waals surface area contributed by atoms with Crippen LogP contribution in [0.25, 0.3) is 0 Å². The van der Waals surface area contributed by atoms with Gasteiger partial charge in [0.25, 0.3) is 0 Å². The lowest BCUT2D eigenvalue weighted by Gasteiger charge is -2.63. The number of nitrogens with one attached hydrogen (secondary N) is 1. The molecule has 3 aliphatic heterocycles. The van der Waals surface area contributed by atoms with Crippen LogP contribution in [-0.4, -0.2) is 17.8 Å². The van der Waals surface area contributed by atoms with Crippen molar-refractivity contribution in [3.63, 3.8) is 0 Å². The first kappa shape index (κ1) is 15.8. The lowest BCUT2D eigenvalue weighted by molar-refractivity contribution is -0.358. The molecule has 3 saturated heterocycles. The van der Waals surface area contributed by atoms with Gasteiger partial charge in [-0.25, -0.2) is 0 Å². The van der Waals surface area contributed by atoms with Crippen molar-refractivity contribution < 1.29 is 9.47 Å². The molecule has 0 aromatic heterocycles. The summed E-state index contributed by atoms with van der Waals surface area (Å²) in [6, 6.07) is 6.39. The van der Waals surface area contributed by atoms with Crippen molar-refractivity contribution >= 4 is 5.90 Å². The molecule has 1 saturated carbocycles. The maximum Gasteiger partial charge on any atom is 0.217 e. The Morgan fingerprint density at radius 1 is 1.22 bits per heavy atom. The molecule has 6 nitrogen and oxygen atoms in total. The Morgan fingerprint density at radius 2 is 1.96 bits per heavy atom. The number of hydrogen-bond donors (Lipinski definition) is 1. The second-order valence-corrected chi connectivity index (χ2v) is 6.74. The summed E-state index contributed by atoms with van der Waals surface area (Å²) in [5.41, 5.74) is -3.20. The van der Waals surface area contributed by atoms with Gasteiger partial charge in [-0.15, -0.1) is 0 Å². The fraction of sp³-hybridized carbons (Fsp3) is 0.765. The molecule has 23 heavy (non-hydrogen) atoms. The molecule has 4 rings (SSSR count). The maximum atomic E-state index is 9.94. The zero-order valence-corrected chi connectivity index (χ0v) is 13.3. The molecule has 0 aromatic carbocycles. The van der Waals surface area contributed by atoms with Crippen molar-refractivity contribution in [2.45, 2.75) is 63.8 Å². The molecule has 4 aliphatic rings. The monoisotopic (exact) mass is 312 g/mol. The highest BCUT2D eigenvalue weighted by Gasteiger charge is 2.79. The molecule has 2 bridgehead atoms. The first-order valence-corrected chi connectivity index (χ1v) is 8.26. The maximum absolute atomic E-state index is 9.94. The van der Waals surface area contributed by atoms with Crippen molar-refractivity contribution in [2.75, 3.05) is 0 Å². The summed E-state index contributed by atoms with van der Waals surface area (Å²) < 4.78 is 12.0. The highest BCUT2D eigenvalue weighted by Crippen LogP contribution is 2.66. The van der Waals surface area contributed by atoms with Crippen LogP contribution in [0.2, 0.25) is 0 Å². The van der Waals surface area contributed by atoms with E-state index in [0.717, 1.165) is 25.7 Å². The quantitative estimate of drug-likeness (QED) is 0.860. The van der Waals surface area contributed by atoms with Crippen molar-refractivity contribution in [2.24, 2.45) is 16.7 Å². The number of hydrogen-bond acceptors (Lipinski definition) is 6. The van der Waals surface area contributed by atoms with Crippen molar-refractivity contribution in [3.05, 3.63) is 0 Å². The zero-order chi connectivity index (χ0) is 16.7. The van der Waals surface area contributed by atoms with Gasteiger partial charge < -0.3 is 9.47 Å². The molecule has 3 heterocycles. The fourth-order valence-electron chi connectivity index (χ4n) is 4.62. The van der Waals surface area contributed by atoms with Crippen LogP contribution in [0.3, 0.4) is 0 Å². The summed E-state index contributed by atoms with van der Waals surface area (Å²) in [6.07, 6.45) is 4.56. The second-order valence-electron chi connectivity index (χ2n) is 6.74. The Hall–Kier alpha value is -2.10. The van der Waals surface area contributed by atoms with Gasteiger partial charge in [0.05, 0.1) is 30.2 Å². The average Bonchev–Trinajstić information content (AvgIpc) is 2.58. The normalized spacial score (nSPS) is 40.2. The molecule has 0 aromatic rings. The number of nitriles is 3. The molecule has 4 atom stereocenters. The molecule has 1 spiro atoms. The third-order valence-corrected chi connectivity index (χ3v) is 5.75. The third kappa shape index (κ3) is 1.66. The Kier molecular flexibility index (Phi) is 3.58. The fourth-order valence-corrected chi connectivity index (χ4v) is 4.62. The van der Waals surface area contributed by atoms with E-state index < -0.39 is 28.6 Å². The van der Waals surface area contributed by atoms with Gasteiger partial charge in [-0.1, -0.05) is 26.2 Å². The zero-order valence-electron chi connectivity index (χ0n) is 13.3. The van der Waals surface area contributed by atoms with Gasteiger partial charge >= 0.3 is 0 Å². The van der Waals surface area contributed by atoms with Crippen LogP contribution < -0.4 is 0 Å². The molecular weight excluding hydrogens is 292 g/mol. The van der Waals surface area contributed by atoms with Crippen LogP contribution in [0.5, 0.6) is 0 Å². The van der Waals surface area contributed by atoms with Crippen LogP contribution in [0, 0.1) is 56.2 Å². The molecule has 0 unspecified atom stereocenters. The van der Waals surface area contributed by atoms with E-state index >= 15 is 0 Å². The summed E-state index contributed by atoms with van der Waals surface area (Å²) in [5, 5.41) is 38.1. The van der Waals surface area contributed by atoms with Gasteiger partial charge in [0, 0.05) is 6.42 Å². The first-order chi connectivity index (χ1) is 11.1. The molecule has 120 valence electrons. The van der Waals surface area contributed by atoms with Gasteiger partial charge in [0.15, 0.2) is 10.8 Å². The average molecular weight is 312 g/mol. The van der Waals surface area contributed by atoms with Crippen LogP contribution in [0.15, 0.2) is 0 Å². The van der Waals surface area contributed by atoms with E-state index in [1.165, 1.54) is 0 Å². The Bertz CT molecular complexity index is 641. The van der Waals surface area contributed by atoms with Crippen molar-refractivity contribution in [3.8, 4) is 18.2 Å². The predicted molar refractivity (Wildman–Crippen MR) is 79.6 cm³/mol. The second kappa shape index (κ2) is 5.22. The first-order valence-electron chi connectivity index (χ1n) is 8.26. The van der Waals surface area contributed by atoms with E-state index in [2.05, 4.69) is 18.2 Å². The van der Waals surface area contributed by atoms with Crippen LogP contribution in [-0.2, 0) is 9.47 Å². The number of ether oxygens (including phenoxy) is 2. The minimum Gasteiger partial charge on any atom is -0.447 e. The molecule has 1 N–H and O–H groups in total. The number of unbranched alkanes of at least 4 members (excludes halogenated alkanes) is 1. The minimum atomic E-state index is -1.63. The topological polar surface area (TPSA) is 114 Å². The van der Waals surface area contributed by atoms with E-state index in [1.807, 2.05) is 6.92 Å². The standard InChI is InChI=1S/C17H20N4O2/c1-2-3-7-13-16(11-20)14(21)23-17(22-13)8-5-4-6-12(17)15(16,9-18)10-19/h12-13,21H,2-8H2,1H3/t12-,13-,16-,17+/m1/s1. The minimum absolute atomic E-state index is 0.256. The molecule has 4 fully saturated rings. The Labute approximate surface area is 136 Å². The van der Waals surface area contributed by atoms with Gasteiger partial charge in [-0.3, -0.25) is 5.41 Å². The summed E-state index contributed by atoms with van der Waals surface area (Å²) in [7, 11) is 0. The molecule has 1 aliphatic carbocycles. The Morgan fingerprint density at radius 3 is 2.57 bits per heavy atom. The molecule has 6 heteroatoms. The summed E-state index contributed by atoms with van der Waals surface area (Å²) >= 11 is 0. The van der Waals surface area contributed by atoms with Gasteiger partial charge in [-0.05, 0) is 19.3 Å².